The highest BCUT2D eigenvalue weighted by atomic mass is 32.1. The van der Waals surface area contributed by atoms with Crippen LogP contribution in [0.1, 0.15) is 68.8 Å². The lowest BCUT2D eigenvalue weighted by atomic mass is 9.97. The number of hydrogen-bond donors (Lipinski definition) is 1. The molecule has 8 heteroatoms. The Labute approximate surface area is 200 Å². The zero-order valence-corrected chi connectivity index (χ0v) is 19.7. The zero-order valence-electron chi connectivity index (χ0n) is 18.9. The van der Waals surface area contributed by atoms with E-state index in [-0.39, 0.29) is 11.4 Å². The Bertz CT molecular complexity index is 1570. The number of Topliss-reactive ketones (excluding diaryl/α,β-unsaturated/α-hetero) is 1. The average Bonchev–Trinajstić information content (AvgIpc) is 3.53. The first-order valence-electron chi connectivity index (χ1n) is 11.7. The second-order valence-corrected chi connectivity index (χ2v) is 10.2. The number of para-hydroxylation sites is 1. The summed E-state index contributed by atoms with van der Waals surface area (Å²) in [6, 6.07) is 10.0. The van der Waals surface area contributed by atoms with E-state index in [2.05, 4.69) is 16.0 Å². The van der Waals surface area contributed by atoms with Crippen molar-refractivity contribution in [3.63, 3.8) is 0 Å². The molecule has 0 fully saturated rings. The minimum Gasteiger partial charge on any atom is -0.308 e. The number of hydrogen-bond acceptors (Lipinski definition) is 6. The van der Waals surface area contributed by atoms with Crippen molar-refractivity contribution in [3.8, 4) is 11.8 Å². The van der Waals surface area contributed by atoms with E-state index in [0.717, 1.165) is 73.0 Å². The average molecular weight is 470 g/mol. The Morgan fingerprint density at radius 3 is 2.76 bits per heavy atom. The number of nitrogens with one attached hydrogen (secondary N) is 1. The molecular weight excluding hydrogens is 446 g/mol. The number of nitrogens with zero attached hydrogens (tertiary/aromatic N) is 4. The van der Waals surface area contributed by atoms with Crippen molar-refractivity contribution in [2.75, 3.05) is 0 Å². The van der Waals surface area contributed by atoms with E-state index < -0.39 is 11.7 Å². The molecule has 4 aromatic rings. The molecule has 6 rings (SSSR count). The van der Waals surface area contributed by atoms with Gasteiger partial charge in [0, 0.05) is 16.1 Å². The van der Waals surface area contributed by atoms with E-state index >= 15 is 0 Å². The Kier molecular flexibility index (Phi) is 4.96. The summed E-state index contributed by atoms with van der Waals surface area (Å²) in [7, 11) is 0. The first kappa shape index (κ1) is 21.0. The van der Waals surface area contributed by atoms with Crippen LogP contribution in [0.4, 0.5) is 0 Å². The summed E-state index contributed by atoms with van der Waals surface area (Å²) in [4.78, 5) is 35.8. The monoisotopic (exact) mass is 469 g/mol. The maximum atomic E-state index is 13.7. The molecule has 0 aliphatic heterocycles. The van der Waals surface area contributed by atoms with Crippen LogP contribution in [0.15, 0.2) is 29.1 Å². The van der Waals surface area contributed by atoms with Gasteiger partial charge in [-0.15, -0.1) is 11.3 Å². The van der Waals surface area contributed by atoms with Gasteiger partial charge in [0.2, 0.25) is 5.78 Å². The summed E-state index contributed by atoms with van der Waals surface area (Å²) in [5.41, 5.74) is 5.07. The predicted molar refractivity (Wildman–Crippen MR) is 130 cm³/mol. The summed E-state index contributed by atoms with van der Waals surface area (Å²) in [5.74, 6) is -1.50. The number of ketones is 1. The Hall–Kier alpha value is -3.57. The fraction of sp³-hybridized carbons (Fsp3) is 0.346. The van der Waals surface area contributed by atoms with Gasteiger partial charge in [-0.2, -0.15) is 10.4 Å². The van der Waals surface area contributed by atoms with Gasteiger partial charge in [-0.25, -0.2) is 9.67 Å². The first-order chi connectivity index (χ1) is 16.6. The largest absolute Gasteiger partial charge is 0.308 e. The molecular formula is C26H23N5O2S. The molecule has 3 aromatic heterocycles. The summed E-state index contributed by atoms with van der Waals surface area (Å²) >= 11 is 1.52. The van der Waals surface area contributed by atoms with Crippen LogP contribution < -0.4 is 5.56 Å². The highest BCUT2D eigenvalue weighted by Crippen LogP contribution is 2.35. The summed E-state index contributed by atoms with van der Waals surface area (Å²) < 4.78 is 1.85. The molecule has 0 bridgehead atoms. The summed E-state index contributed by atoms with van der Waals surface area (Å²) in [5, 5.41) is 15.3. The quantitative estimate of drug-likeness (QED) is 0.448. The molecule has 0 saturated carbocycles. The third-order valence-corrected chi connectivity index (χ3v) is 8.20. The molecule has 3 heterocycles. The second-order valence-electron chi connectivity index (χ2n) is 9.09. The maximum absolute atomic E-state index is 13.7. The summed E-state index contributed by atoms with van der Waals surface area (Å²) in [6.07, 6.45) is 6.53. The number of aryl methyl sites for hydroxylation is 3. The topological polar surface area (TPSA) is 104 Å². The fourth-order valence-corrected chi connectivity index (χ4v) is 6.60. The number of rotatable bonds is 4. The lowest BCUT2D eigenvalue weighted by molar-refractivity contribution is 0.0970. The van der Waals surface area contributed by atoms with E-state index in [1.54, 1.807) is 0 Å². The van der Waals surface area contributed by atoms with Crippen LogP contribution in [0, 0.1) is 18.3 Å². The van der Waals surface area contributed by atoms with Crippen LogP contribution in [0.3, 0.4) is 0 Å². The molecule has 0 amide bonds. The van der Waals surface area contributed by atoms with Gasteiger partial charge in [-0.1, -0.05) is 18.2 Å². The second kappa shape index (κ2) is 8.03. The Morgan fingerprint density at radius 2 is 1.94 bits per heavy atom. The van der Waals surface area contributed by atoms with Crippen molar-refractivity contribution in [2.45, 2.75) is 57.8 Å². The normalized spacial score (nSPS) is 15.6. The van der Waals surface area contributed by atoms with Gasteiger partial charge in [0.25, 0.3) is 5.56 Å². The summed E-state index contributed by atoms with van der Waals surface area (Å²) in [6.45, 7) is 2.02. The third kappa shape index (κ3) is 3.15. The number of fused-ring (bicyclic) bond motifs is 4. The van der Waals surface area contributed by atoms with Gasteiger partial charge >= 0.3 is 0 Å². The van der Waals surface area contributed by atoms with Crippen LogP contribution in [-0.4, -0.2) is 25.5 Å². The number of carbonyl (C=O) groups excluding carboxylic acids is 1. The maximum Gasteiger partial charge on any atom is 0.259 e. The minimum atomic E-state index is -1.21. The molecule has 1 aromatic carbocycles. The Balaban J connectivity index is 1.44. The molecule has 34 heavy (non-hydrogen) atoms. The van der Waals surface area contributed by atoms with E-state index in [4.69, 9.17) is 5.10 Å². The molecule has 1 atom stereocenters. The van der Waals surface area contributed by atoms with Crippen LogP contribution >= 0.6 is 11.3 Å². The van der Waals surface area contributed by atoms with E-state index in [0.29, 0.717) is 15.9 Å². The highest BCUT2D eigenvalue weighted by molar-refractivity contribution is 7.18. The fourth-order valence-electron chi connectivity index (χ4n) is 5.33. The van der Waals surface area contributed by atoms with Crippen molar-refractivity contribution in [3.05, 3.63) is 73.4 Å². The van der Waals surface area contributed by atoms with Crippen LogP contribution in [0.25, 0.3) is 15.9 Å². The molecule has 7 nitrogen and oxygen atoms in total. The van der Waals surface area contributed by atoms with Crippen molar-refractivity contribution < 1.29 is 4.79 Å². The number of nitriles is 1. The van der Waals surface area contributed by atoms with Crippen molar-refractivity contribution in [1.82, 2.24) is 19.7 Å². The molecule has 2 aliphatic carbocycles. The predicted octanol–water partition coefficient (Wildman–Crippen LogP) is 4.34. The molecule has 170 valence electrons. The smallest absolute Gasteiger partial charge is 0.259 e. The zero-order chi connectivity index (χ0) is 23.4. The van der Waals surface area contributed by atoms with E-state index in [1.165, 1.54) is 16.2 Å². The molecule has 0 spiro atoms. The number of carbonyl (C=O) groups is 1. The standard InChI is InChI=1S/C26H23N5O2S/c1-14-7-2-4-10-18(14)31-19-11-6-9-15(19)22(30-31)23(32)17(13-27)24-28-25(33)21-16-8-3-5-12-20(16)34-26(21)29-24/h2,4,7,10,17H,3,5-6,8-9,11-12H2,1H3,(H,28,29,33). The number of thiophene rings is 1. The first-order valence-corrected chi connectivity index (χ1v) is 12.5. The van der Waals surface area contributed by atoms with Gasteiger partial charge in [0.15, 0.2) is 5.92 Å². The number of aromatic amines is 1. The van der Waals surface area contributed by atoms with Crippen molar-refractivity contribution in [2.24, 2.45) is 0 Å². The van der Waals surface area contributed by atoms with E-state index in [1.807, 2.05) is 35.9 Å². The van der Waals surface area contributed by atoms with Gasteiger partial charge in [0.1, 0.15) is 16.3 Å². The van der Waals surface area contributed by atoms with Gasteiger partial charge in [0.05, 0.1) is 17.1 Å². The molecule has 0 radical (unpaired) electrons. The Morgan fingerprint density at radius 1 is 1.15 bits per heavy atom. The van der Waals surface area contributed by atoms with Gasteiger partial charge in [-0.05, 0) is 69.1 Å². The van der Waals surface area contributed by atoms with Crippen LogP contribution in [0.5, 0.6) is 0 Å². The molecule has 2 aliphatic rings. The number of H-pyrrole nitrogens is 1. The molecule has 1 N–H and O–H groups in total. The third-order valence-electron chi connectivity index (χ3n) is 7.02. The number of aromatic nitrogens is 4. The van der Waals surface area contributed by atoms with Crippen LogP contribution in [0.2, 0.25) is 0 Å². The van der Waals surface area contributed by atoms with Crippen molar-refractivity contribution in [1.29, 1.82) is 5.26 Å². The van der Waals surface area contributed by atoms with Gasteiger partial charge in [-0.3, -0.25) is 9.59 Å². The highest BCUT2D eigenvalue weighted by Gasteiger charge is 2.34. The molecule has 0 saturated heterocycles. The molecule has 1 unspecified atom stereocenters. The van der Waals surface area contributed by atoms with Crippen molar-refractivity contribution >= 4 is 27.3 Å². The minimum absolute atomic E-state index is 0.112. The number of benzene rings is 1. The van der Waals surface area contributed by atoms with Gasteiger partial charge < -0.3 is 4.98 Å². The van der Waals surface area contributed by atoms with E-state index in [9.17, 15) is 14.9 Å². The lowest BCUT2D eigenvalue weighted by Gasteiger charge is -2.10. The lowest BCUT2D eigenvalue weighted by Crippen LogP contribution is -2.21. The SMILES string of the molecule is Cc1ccccc1-n1nc(C(=O)C(C#N)c2nc3sc4c(c3c(=O)[nH]2)CCCC4)c2c1CCC2. The van der Waals surface area contributed by atoms with Crippen LogP contribution in [-0.2, 0) is 25.7 Å².